The van der Waals surface area contributed by atoms with Gasteiger partial charge in [-0.3, -0.25) is 0 Å². The molecule has 5 heteroatoms. The van der Waals surface area contributed by atoms with Crippen molar-refractivity contribution in [3.05, 3.63) is 35.9 Å². The normalized spacial score (nSPS) is 12.9. The standard InChI is InChI=1S/C12H16N2O2S/c1-2-3-9-17(15,16)14-12(10-13)11-7-5-4-6-8-11/h4-8,12,14H,2-3,9H2,1H3. The average Bonchev–Trinajstić information content (AvgIpc) is 2.35. The Bertz CT molecular complexity index is 477. The zero-order chi connectivity index (χ0) is 12.7. The molecule has 0 bridgehead atoms. The quantitative estimate of drug-likeness (QED) is 0.841. The number of nitrogens with zero attached hydrogens (tertiary/aromatic N) is 1. The molecule has 0 spiro atoms. The lowest BCUT2D eigenvalue weighted by molar-refractivity contribution is 0.572. The molecule has 1 aromatic carbocycles. The highest BCUT2D eigenvalue weighted by Crippen LogP contribution is 2.12. The fourth-order valence-electron chi connectivity index (χ4n) is 1.39. The third-order valence-corrected chi connectivity index (χ3v) is 3.75. The Labute approximate surface area is 102 Å². The summed E-state index contributed by atoms with van der Waals surface area (Å²) in [6.07, 6.45) is 1.41. The molecule has 0 aromatic heterocycles. The molecule has 4 nitrogen and oxygen atoms in total. The smallest absolute Gasteiger partial charge is 0.212 e. The summed E-state index contributed by atoms with van der Waals surface area (Å²) in [6.45, 7) is 1.93. The molecule has 0 amide bonds. The number of unbranched alkanes of at least 4 members (excludes halogenated alkanes) is 1. The molecular formula is C12H16N2O2S. The van der Waals surface area contributed by atoms with E-state index in [0.717, 1.165) is 6.42 Å². The van der Waals surface area contributed by atoms with Crippen molar-refractivity contribution in [1.29, 1.82) is 5.26 Å². The highest BCUT2D eigenvalue weighted by Gasteiger charge is 2.18. The van der Waals surface area contributed by atoms with Crippen molar-refractivity contribution in [2.24, 2.45) is 0 Å². The fourth-order valence-corrected chi connectivity index (χ4v) is 2.72. The summed E-state index contributed by atoms with van der Waals surface area (Å²) < 4.78 is 25.7. The highest BCUT2D eigenvalue weighted by molar-refractivity contribution is 7.89. The minimum absolute atomic E-state index is 0.0640. The minimum atomic E-state index is -3.38. The van der Waals surface area contributed by atoms with Crippen LogP contribution in [0.3, 0.4) is 0 Å². The molecule has 0 aliphatic carbocycles. The molecule has 0 aliphatic heterocycles. The Morgan fingerprint density at radius 2 is 2.00 bits per heavy atom. The van der Waals surface area contributed by atoms with Crippen LogP contribution < -0.4 is 4.72 Å². The SMILES string of the molecule is CCCCS(=O)(=O)NC(C#N)c1ccccc1. The summed E-state index contributed by atoms with van der Waals surface area (Å²) in [7, 11) is -3.38. The zero-order valence-corrected chi connectivity index (χ0v) is 10.6. The van der Waals surface area contributed by atoms with E-state index in [4.69, 9.17) is 5.26 Å². The predicted molar refractivity (Wildman–Crippen MR) is 66.6 cm³/mol. The lowest BCUT2D eigenvalue weighted by Gasteiger charge is -2.11. The second kappa shape index (κ2) is 6.38. The fraction of sp³-hybridized carbons (Fsp3) is 0.417. The molecule has 1 unspecified atom stereocenters. The van der Waals surface area contributed by atoms with Gasteiger partial charge >= 0.3 is 0 Å². The van der Waals surface area contributed by atoms with E-state index < -0.39 is 16.1 Å². The number of benzene rings is 1. The van der Waals surface area contributed by atoms with E-state index in [1.807, 2.05) is 19.1 Å². The van der Waals surface area contributed by atoms with Gasteiger partial charge in [-0.25, -0.2) is 8.42 Å². The maximum Gasteiger partial charge on any atom is 0.213 e. The molecule has 0 fully saturated rings. The molecule has 92 valence electrons. The first-order chi connectivity index (χ1) is 8.09. The Morgan fingerprint density at radius 3 is 2.53 bits per heavy atom. The maximum atomic E-state index is 11.7. The van der Waals surface area contributed by atoms with Crippen molar-refractivity contribution in [1.82, 2.24) is 4.72 Å². The van der Waals surface area contributed by atoms with Gasteiger partial charge < -0.3 is 0 Å². The van der Waals surface area contributed by atoms with Crippen LogP contribution in [0.2, 0.25) is 0 Å². The van der Waals surface area contributed by atoms with Crippen LogP contribution in [0, 0.1) is 11.3 Å². The molecule has 0 saturated heterocycles. The first-order valence-electron chi connectivity index (χ1n) is 5.53. The van der Waals surface area contributed by atoms with E-state index in [-0.39, 0.29) is 5.75 Å². The van der Waals surface area contributed by atoms with Gasteiger partial charge in [-0.2, -0.15) is 9.98 Å². The van der Waals surface area contributed by atoms with E-state index in [1.54, 1.807) is 24.3 Å². The zero-order valence-electron chi connectivity index (χ0n) is 9.76. The number of hydrogen-bond donors (Lipinski definition) is 1. The summed E-state index contributed by atoms with van der Waals surface area (Å²) in [5.74, 6) is 0.0640. The van der Waals surface area contributed by atoms with Crippen LogP contribution in [0.1, 0.15) is 31.4 Å². The van der Waals surface area contributed by atoms with Crippen molar-refractivity contribution in [3.8, 4) is 6.07 Å². The number of nitriles is 1. The third-order valence-electron chi connectivity index (χ3n) is 2.33. The third kappa shape index (κ3) is 4.55. The summed E-state index contributed by atoms with van der Waals surface area (Å²) in [5, 5.41) is 8.99. The molecule has 1 atom stereocenters. The molecule has 1 rings (SSSR count). The van der Waals surface area contributed by atoms with Crippen molar-refractivity contribution in [2.45, 2.75) is 25.8 Å². The predicted octanol–water partition coefficient (Wildman–Crippen LogP) is 1.97. The van der Waals surface area contributed by atoms with E-state index >= 15 is 0 Å². The van der Waals surface area contributed by atoms with Crippen LogP contribution in [0.5, 0.6) is 0 Å². The largest absolute Gasteiger partial charge is 0.213 e. The van der Waals surface area contributed by atoms with Crippen LogP contribution in [-0.2, 0) is 10.0 Å². The van der Waals surface area contributed by atoms with Crippen molar-refractivity contribution in [2.75, 3.05) is 5.75 Å². The number of nitrogens with one attached hydrogen (secondary N) is 1. The Balaban J connectivity index is 2.75. The second-order valence-electron chi connectivity index (χ2n) is 3.76. The van der Waals surface area contributed by atoms with E-state index in [0.29, 0.717) is 12.0 Å². The molecule has 17 heavy (non-hydrogen) atoms. The number of sulfonamides is 1. The van der Waals surface area contributed by atoms with Crippen LogP contribution in [0.15, 0.2) is 30.3 Å². The van der Waals surface area contributed by atoms with Crippen LogP contribution in [0.25, 0.3) is 0 Å². The van der Waals surface area contributed by atoms with E-state index in [9.17, 15) is 8.42 Å². The van der Waals surface area contributed by atoms with Gasteiger partial charge in [0, 0.05) is 0 Å². The van der Waals surface area contributed by atoms with Gasteiger partial charge in [-0.05, 0) is 12.0 Å². The number of rotatable bonds is 6. The van der Waals surface area contributed by atoms with Crippen LogP contribution in [0.4, 0.5) is 0 Å². The van der Waals surface area contributed by atoms with Crippen molar-refractivity contribution in [3.63, 3.8) is 0 Å². The van der Waals surface area contributed by atoms with Crippen LogP contribution in [-0.4, -0.2) is 14.2 Å². The molecule has 0 radical (unpaired) electrons. The van der Waals surface area contributed by atoms with Gasteiger partial charge in [0.15, 0.2) is 0 Å². The van der Waals surface area contributed by atoms with E-state index in [1.165, 1.54) is 0 Å². The highest BCUT2D eigenvalue weighted by atomic mass is 32.2. The molecule has 1 N–H and O–H groups in total. The topological polar surface area (TPSA) is 70.0 Å². The van der Waals surface area contributed by atoms with Crippen molar-refractivity contribution < 1.29 is 8.42 Å². The molecule has 0 heterocycles. The Hall–Kier alpha value is -1.38. The van der Waals surface area contributed by atoms with Gasteiger partial charge in [0.1, 0.15) is 6.04 Å². The van der Waals surface area contributed by atoms with Gasteiger partial charge in [0.2, 0.25) is 10.0 Å². The maximum absolute atomic E-state index is 11.7. The Morgan fingerprint density at radius 1 is 1.35 bits per heavy atom. The summed E-state index contributed by atoms with van der Waals surface area (Å²) >= 11 is 0. The monoisotopic (exact) mass is 252 g/mol. The molecule has 0 saturated carbocycles. The van der Waals surface area contributed by atoms with Gasteiger partial charge in [-0.15, -0.1) is 0 Å². The molecule has 0 aliphatic rings. The van der Waals surface area contributed by atoms with E-state index in [2.05, 4.69) is 4.72 Å². The summed E-state index contributed by atoms with van der Waals surface area (Å²) in [4.78, 5) is 0. The summed E-state index contributed by atoms with van der Waals surface area (Å²) in [6, 6.07) is 10.00. The lowest BCUT2D eigenvalue weighted by atomic mass is 10.1. The molecule has 1 aromatic rings. The van der Waals surface area contributed by atoms with Crippen molar-refractivity contribution >= 4 is 10.0 Å². The van der Waals surface area contributed by atoms with Crippen LogP contribution >= 0.6 is 0 Å². The number of hydrogen-bond acceptors (Lipinski definition) is 3. The summed E-state index contributed by atoms with van der Waals surface area (Å²) in [5.41, 5.74) is 0.662. The first-order valence-corrected chi connectivity index (χ1v) is 7.19. The first kappa shape index (κ1) is 13.7. The average molecular weight is 252 g/mol. The lowest BCUT2D eigenvalue weighted by Crippen LogP contribution is -2.29. The van der Waals surface area contributed by atoms with Gasteiger partial charge in [0.25, 0.3) is 0 Å². The minimum Gasteiger partial charge on any atom is -0.212 e. The Kier molecular flexibility index (Phi) is 5.13. The second-order valence-corrected chi connectivity index (χ2v) is 5.64. The van der Waals surface area contributed by atoms with Gasteiger partial charge in [0.05, 0.1) is 11.8 Å². The van der Waals surface area contributed by atoms with Gasteiger partial charge in [-0.1, -0.05) is 43.7 Å². The molecular weight excluding hydrogens is 236 g/mol.